The highest BCUT2D eigenvalue weighted by Gasteiger charge is 2.36. The maximum Gasteiger partial charge on any atom is 0.322 e. The van der Waals surface area contributed by atoms with Crippen molar-refractivity contribution in [3.05, 3.63) is 34.7 Å². The third-order valence-electron chi connectivity index (χ3n) is 2.82. The van der Waals surface area contributed by atoms with Gasteiger partial charge in [-0.2, -0.15) is 0 Å². The van der Waals surface area contributed by atoms with E-state index in [9.17, 15) is 14.4 Å². The van der Waals surface area contributed by atoms with Crippen molar-refractivity contribution in [1.29, 1.82) is 5.41 Å². The van der Waals surface area contributed by atoms with Crippen LogP contribution in [-0.2, 0) is 14.4 Å². The van der Waals surface area contributed by atoms with Gasteiger partial charge in [-0.25, -0.2) is 0 Å². The zero-order valence-electron chi connectivity index (χ0n) is 9.58. The molecule has 0 radical (unpaired) electrons. The molecular weight excluding hydrogens is 250 g/mol. The minimum atomic E-state index is -1.97. The van der Waals surface area contributed by atoms with Gasteiger partial charge in [0, 0.05) is 5.57 Å². The monoisotopic (exact) mass is 259 g/mol. The number of Topliss-reactive ketones (excluding diaryl/α,β-unsaturated/α-hetero) is 1. The summed E-state index contributed by atoms with van der Waals surface area (Å²) in [5.41, 5.74) is -0.788. The minimum Gasteiger partial charge on any atom is -0.480 e. The molecule has 6 nitrogen and oxygen atoms in total. The SMILES string of the molecule is N=C1C=c2ccccc2=C(C(C(=O)O)C(=O)O)C1=O. The molecule has 0 saturated heterocycles. The maximum atomic E-state index is 11.9. The topological polar surface area (TPSA) is 116 Å². The molecule has 0 saturated carbocycles. The van der Waals surface area contributed by atoms with Crippen LogP contribution < -0.4 is 10.4 Å². The summed E-state index contributed by atoms with van der Waals surface area (Å²) >= 11 is 0. The van der Waals surface area contributed by atoms with Gasteiger partial charge in [-0.15, -0.1) is 0 Å². The number of hydrogen-bond donors (Lipinski definition) is 3. The molecule has 96 valence electrons. The second kappa shape index (κ2) is 4.49. The number of carboxylic acid groups (broad SMARTS) is 2. The number of benzene rings is 1. The van der Waals surface area contributed by atoms with Gasteiger partial charge in [0.15, 0.2) is 5.92 Å². The molecule has 3 N–H and O–H groups in total. The van der Waals surface area contributed by atoms with Crippen LogP contribution in [0.3, 0.4) is 0 Å². The van der Waals surface area contributed by atoms with E-state index < -0.39 is 29.4 Å². The van der Waals surface area contributed by atoms with E-state index >= 15 is 0 Å². The molecular formula is C13H9NO5. The molecule has 2 rings (SSSR count). The molecule has 0 aliphatic heterocycles. The van der Waals surface area contributed by atoms with Crippen molar-refractivity contribution >= 4 is 35.1 Å². The number of fused-ring (bicyclic) bond motifs is 1. The molecule has 1 aromatic rings. The van der Waals surface area contributed by atoms with Crippen LogP contribution in [0.4, 0.5) is 0 Å². The molecule has 0 bridgehead atoms. The number of carbonyl (C=O) groups excluding carboxylic acids is 1. The van der Waals surface area contributed by atoms with E-state index in [1.165, 1.54) is 12.1 Å². The molecule has 0 spiro atoms. The van der Waals surface area contributed by atoms with Gasteiger partial charge in [0.1, 0.15) is 5.71 Å². The van der Waals surface area contributed by atoms with Gasteiger partial charge in [0.2, 0.25) is 5.78 Å². The molecule has 1 aliphatic carbocycles. The first-order valence-corrected chi connectivity index (χ1v) is 5.33. The summed E-state index contributed by atoms with van der Waals surface area (Å²) in [5, 5.41) is 26.2. The van der Waals surface area contributed by atoms with Crippen LogP contribution in [0.25, 0.3) is 11.6 Å². The Morgan fingerprint density at radius 1 is 1.11 bits per heavy atom. The molecule has 0 unspecified atom stereocenters. The van der Waals surface area contributed by atoms with E-state index in [-0.39, 0.29) is 10.8 Å². The van der Waals surface area contributed by atoms with Crippen molar-refractivity contribution in [3.8, 4) is 0 Å². The smallest absolute Gasteiger partial charge is 0.322 e. The summed E-state index contributed by atoms with van der Waals surface area (Å²) in [6.45, 7) is 0. The third-order valence-corrected chi connectivity index (χ3v) is 2.82. The lowest BCUT2D eigenvalue weighted by Crippen LogP contribution is -2.43. The lowest BCUT2D eigenvalue weighted by molar-refractivity contribution is -0.151. The maximum absolute atomic E-state index is 11.9. The van der Waals surface area contributed by atoms with Gasteiger partial charge in [0.25, 0.3) is 0 Å². The average Bonchev–Trinajstić information content (AvgIpc) is 2.33. The summed E-state index contributed by atoms with van der Waals surface area (Å²) in [7, 11) is 0. The predicted octanol–water partition coefficient (Wildman–Crippen LogP) is -0.994. The number of carbonyl (C=O) groups is 3. The van der Waals surface area contributed by atoms with Crippen LogP contribution in [0.5, 0.6) is 0 Å². The lowest BCUT2D eigenvalue weighted by atomic mass is 9.87. The average molecular weight is 259 g/mol. The number of hydrogen-bond acceptors (Lipinski definition) is 4. The van der Waals surface area contributed by atoms with Crippen LogP contribution in [0.15, 0.2) is 24.3 Å². The molecule has 0 fully saturated rings. The zero-order valence-corrected chi connectivity index (χ0v) is 9.58. The first kappa shape index (κ1) is 12.7. The largest absolute Gasteiger partial charge is 0.480 e. The third kappa shape index (κ3) is 2.03. The summed E-state index contributed by atoms with van der Waals surface area (Å²) in [4.78, 5) is 34.1. The second-order valence-electron chi connectivity index (χ2n) is 4.00. The van der Waals surface area contributed by atoms with Crippen LogP contribution in [0.2, 0.25) is 0 Å². The molecule has 19 heavy (non-hydrogen) atoms. The van der Waals surface area contributed by atoms with Gasteiger partial charge in [0.05, 0.1) is 0 Å². The fourth-order valence-corrected chi connectivity index (χ4v) is 2.00. The highest BCUT2D eigenvalue weighted by atomic mass is 16.4. The van der Waals surface area contributed by atoms with E-state index in [0.717, 1.165) is 0 Å². The quantitative estimate of drug-likeness (QED) is 0.602. The van der Waals surface area contributed by atoms with Crippen LogP contribution in [-0.4, -0.2) is 33.6 Å². The van der Waals surface area contributed by atoms with E-state index in [4.69, 9.17) is 15.6 Å². The Labute approximate surface area is 106 Å². The zero-order chi connectivity index (χ0) is 14.2. The number of rotatable bonds is 3. The lowest BCUT2D eigenvalue weighted by Gasteiger charge is -2.14. The first-order valence-electron chi connectivity index (χ1n) is 5.33. The normalized spacial score (nSPS) is 14.1. The van der Waals surface area contributed by atoms with Crippen molar-refractivity contribution < 1.29 is 24.6 Å². The van der Waals surface area contributed by atoms with Crippen molar-refractivity contribution in [2.24, 2.45) is 5.92 Å². The summed E-state index contributed by atoms with van der Waals surface area (Å²) in [6.07, 6.45) is 1.29. The number of nitrogens with one attached hydrogen (secondary N) is 1. The summed E-state index contributed by atoms with van der Waals surface area (Å²) < 4.78 is 0. The van der Waals surface area contributed by atoms with Crippen LogP contribution >= 0.6 is 0 Å². The molecule has 0 heterocycles. The van der Waals surface area contributed by atoms with Gasteiger partial charge >= 0.3 is 11.9 Å². The standard InChI is InChI=1S/C13H9NO5/c14-8-5-6-3-1-2-4-7(6)9(11(8)15)10(12(16)17)13(18)19/h1-5,10,14H,(H,16,17)(H,18,19). The fraction of sp³-hybridized carbons (Fsp3) is 0.0769. The van der Waals surface area contributed by atoms with Crippen LogP contribution in [0.1, 0.15) is 0 Å². The highest BCUT2D eigenvalue weighted by Crippen LogP contribution is 2.15. The number of ketones is 1. The first-order chi connectivity index (χ1) is 8.93. The fourth-order valence-electron chi connectivity index (χ4n) is 2.00. The summed E-state index contributed by atoms with van der Waals surface area (Å²) in [5.74, 6) is -6.09. The molecule has 0 aromatic heterocycles. The summed E-state index contributed by atoms with van der Waals surface area (Å²) in [6, 6.07) is 6.31. The van der Waals surface area contributed by atoms with Crippen LogP contribution in [0, 0.1) is 11.3 Å². The Hall–Kier alpha value is -2.76. The molecule has 0 amide bonds. The Morgan fingerprint density at radius 3 is 2.26 bits per heavy atom. The van der Waals surface area contributed by atoms with Crippen molar-refractivity contribution in [2.75, 3.05) is 0 Å². The van der Waals surface area contributed by atoms with E-state index in [2.05, 4.69) is 0 Å². The molecule has 1 aromatic carbocycles. The van der Waals surface area contributed by atoms with E-state index in [0.29, 0.717) is 5.22 Å². The van der Waals surface area contributed by atoms with E-state index in [1.807, 2.05) is 0 Å². The number of aliphatic carboxylic acids is 2. The molecule has 1 aliphatic rings. The van der Waals surface area contributed by atoms with Crippen molar-refractivity contribution in [2.45, 2.75) is 0 Å². The van der Waals surface area contributed by atoms with Crippen molar-refractivity contribution in [3.63, 3.8) is 0 Å². The van der Waals surface area contributed by atoms with Gasteiger partial charge in [-0.3, -0.25) is 19.8 Å². The Kier molecular flexibility index (Phi) is 3.00. The minimum absolute atomic E-state index is 0.248. The van der Waals surface area contributed by atoms with Crippen molar-refractivity contribution in [1.82, 2.24) is 0 Å². The highest BCUT2D eigenvalue weighted by molar-refractivity contribution is 6.62. The second-order valence-corrected chi connectivity index (χ2v) is 4.00. The Balaban J connectivity index is 2.89. The molecule has 0 atom stereocenters. The Morgan fingerprint density at radius 2 is 1.68 bits per heavy atom. The Bertz CT molecular complexity index is 718. The van der Waals surface area contributed by atoms with E-state index in [1.54, 1.807) is 18.2 Å². The molecule has 6 heteroatoms. The number of carboxylic acids is 2. The van der Waals surface area contributed by atoms with Gasteiger partial charge in [-0.1, -0.05) is 24.3 Å². The predicted molar refractivity (Wildman–Crippen MR) is 65.1 cm³/mol. The van der Waals surface area contributed by atoms with Gasteiger partial charge in [-0.05, 0) is 16.5 Å². The van der Waals surface area contributed by atoms with Gasteiger partial charge < -0.3 is 10.2 Å².